The van der Waals surface area contributed by atoms with Crippen molar-refractivity contribution in [1.82, 2.24) is 5.32 Å². The van der Waals surface area contributed by atoms with E-state index in [-0.39, 0.29) is 16.9 Å². The van der Waals surface area contributed by atoms with Gasteiger partial charge in [0.05, 0.1) is 11.1 Å². The molecule has 1 unspecified atom stereocenters. The van der Waals surface area contributed by atoms with Gasteiger partial charge in [-0.25, -0.2) is 4.39 Å². The number of aryl methyl sites for hydroxylation is 2. The molecule has 0 aliphatic heterocycles. The molecule has 0 spiro atoms. The van der Waals surface area contributed by atoms with Crippen LogP contribution in [0.4, 0.5) is 4.39 Å². The van der Waals surface area contributed by atoms with Crippen LogP contribution in [0, 0.1) is 19.7 Å². The van der Waals surface area contributed by atoms with Crippen molar-refractivity contribution >= 4 is 11.6 Å². The van der Waals surface area contributed by atoms with Crippen molar-refractivity contribution < 1.29 is 4.39 Å². The first-order chi connectivity index (χ1) is 9.04. The summed E-state index contributed by atoms with van der Waals surface area (Å²) in [6.07, 6.45) is 0. The van der Waals surface area contributed by atoms with Crippen LogP contribution in [0.1, 0.15) is 28.3 Å². The SMILES string of the molecule is CNC(c1ccc(C)cc1C)c1cccc(Cl)c1F. The molecular weight excluding hydrogens is 261 g/mol. The predicted octanol–water partition coefficient (Wildman–Crippen LogP) is 4.40. The number of benzene rings is 2. The second-order valence-corrected chi connectivity index (χ2v) is 5.13. The first-order valence-corrected chi connectivity index (χ1v) is 6.60. The van der Waals surface area contributed by atoms with E-state index in [0.717, 1.165) is 11.1 Å². The Morgan fingerprint density at radius 1 is 1.11 bits per heavy atom. The van der Waals surface area contributed by atoms with Crippen molar-refractivity contribution in [2.24, 2.45) is 0 Å². The highest BCUT2D eigenvalue weighted by atomic mass is 35.5. The van der Waals surface area contributed by atoms with Crippen LogP contribution in [0.15, 0.2) is 36.4 Å². The Labute approximate surface area is 118 Å². The normalized spacial score (nSPS) is 12.5. The molecule has 0 bridgehead atoms. The Balaban J connectivity index is 2.53. The van der Waals surface area contributed by atoms with Crippen molar-refractivity contribution in [2.75, 3.05) is 7.05 Å². The molecule has 0 aliphatic rings. The van der Waals surface area contributed by atoms with Gasteiger partial charge in [-0.05, 0) is 38.1 Å². The molecule has 3 heteroatoms. The van der Waals surface area contributed by atoms with Crippen LogP contribution in [0.3, 0.4) is 0 Å². The second kappa shape index (κ2) is 5.72. The summed E-state index contributed by atoms with van der Waals surface area (Å²) in [6.45, 7) is 4.08. The molecule has 2 aromatic carbocycles. The molecule has 0 heterocycles. The van der Waals surface area contributed by atoms with Crippen molar-refractivity contribution in [3.05, 3.63) is 69.5 Å². The number of nitrogens with one attached hydrogen (secondary N) is 1. The summed E-state index contributed by atoms with van der Waals surface area (Å²) in [5, 5.41) is 3.32. The van der Waals surface area contributed by atoms with Gasteiger partial charge in [0.25, 0.3) is 0 Å². The minimum Gasteiger partial charge on any atom is -0.309 e. The molecule has 100 valence electrons. The lowest BCUT2D eigenvalue weighted by atomic mass is 9.93. The molecule has 1 N–H and O–H groups in total. The highest BCUT2D eigenvalue weighted by Gasteiger charge is 2.19. The Hall–Kier alpha value is -1.38. The maximum Gasteiger partial charge on any atom is 0.146 e. The first-order valence-electron chi connectivity index (χ1n) is 6.23. The van der Waals surface area contributed by atoms with Gasteiger partial charge in [-0.2, -0.15) is 0 Å². The topological polar surface area (TPSA) is 12.0 Å². The van der Waals surface area contributed by atoms with Gasteiger partial charge < -0.3 is 5.32 Å². The third-order valence-corrected chi connectivity index (χ3v) is 3.61. The highest BCUT2D eigenvalue weighted by molar-refractivity contribution is 6.30. The van der Waals surface area contributed by atoms with E-state index in [4.69, 9.17) is 11.6 Å². The number of hydrogen-bond acceptors (Lipinski definition) is 1. The Kier molecular flexibility index (Phi) is 4.23. The smallest absolute Gasteiger partial charge is 0.146 e. The van der Waals surface area contributed by atoms with E-state index in [1.807, 2.05) is 33.0 Å². The molecule has 0 aromatic heterocycles. The second-order valence-electron chi connectivity index (χ2n) is 4.72. The molecule has 0 radical (unpaired) electrons. The molecule has 2 aromatic rings. The lowest BCUT2D eigenvalue weighted by Crippen LogP contribution is -2.20. The van der Waals surface area contributed by atoms with Crippen LogP contribution in [-0.2, 0) is 0 Å². The van der Waals surface area contributed by atoms with Crippen LogP contribution in [0.5, 0.6) is 0 Å². The third-order valence-electron chi connectivity index (χ3n) is 3.32. The Morgan fingerprint density at radius 2 is 1.84 bits per heavy atom. The van der Waals surface area contributed by atoms with Crippen molar-refractivity contribution in [3.8, 4) is 0 Å². The summed E-state index contributed by atoms with van der Waals surface area (Å²) in [4.78, 5) is 0. The van der Waals surface area contributed by atoms with Crippen LogP contribution < -0.4 is 5.32 Å². The van der Waals surface area contributed by atoms with E-state index in [1.54, 1.807) is 18.2 Å². The lowest BCUT2D eigenvalue weighted by Gasteiger charge is -2.20. The van der Waals surface area contributed by atoms with Crippen LogP contribution in [0.2, 0.25) is 5.02 Å². The number of halogens is 2. The van der Waals surface area contributed by atoms with Gasteiger partial charge in [-0.1, -0.05) is 47.5 Å². The predicted molar refractivity (Wildman–Crippen MR) is 78.2 cm³/mol. The fourth-order valence-corrected chi connectivity index (χ4v) is 2.55. The highest BCUT2D eigenvalue weighted by Crippen LogP contribution is 2.29. The van der Waals surface area contributed by atoms with Gasteiger partial charge in [0, 0.05) is 5.56 Å². The van der Waals surface area contributed by atoms with Gasteiger partial charge in [-0.15, -0.1) is 0 Å². The largest absolute Gasteiger partial charge is 0.309 e. The Morgan fingerprint density at radius 3 is 2.47 bits per heavy atom. The zero-order valence-corrected chi connectivity index (χ0v) is 12.1. The van der Waals surface area contributed by atoms with E-state index >= 15 is 0 Å². The molecular formula is C16H17ClFN. The summed E-state index contributed by atoms with van der Waals surface area (Å²) in [5.74, 6) is -0.358. The van der Waals surface area contributed by atoms with E-state index in [2.05, 4.69) is 11.4 Å². The molecule has 2 rings (SSSR count). The van der Waals surface area contributed by atoms with Gasteiger partial charge in [-0.3, -0.25) is 0 Å². The molecule has 19 heavy (non-hydrogen) atoms. The number of rotatable bonds is 3. The van der Waals surface area contributed by atoms with E-state index in [0.29, 0.717) is 5.56 Å². The van der Waals surface area contributed by atoms with Crippen LogP contribution >= 0.6 is 11.6 Å². The van der Waals surface area contributed by atoms with Crippen molar-refractivity contribution in [1.29, 1.82) is 0 Å². The minimum atomic E-state index is -0.358. The molecule has 0 saturated carbocycles. The van der Waals surface area contributed by atoms with Gasteiger partial charge in [0.15, 0.2) is 0 Å². The average molecular weight is 278 g/mol. The first kappa shape index (κ1) is 14.0. The van der Waals surface area contributed by atoms with Gasteiger partial charge in [0.1, 0.15) is 5.82 Å². The molecule has 1 atom stereocenters. The molecule has 0 amide bonds. The van der Waals surface area contributed by atoms with Gasteiger partial charge in [0.2, 0.25) is 0 Å². The zero-order valence-electron chi connectivity index (χ0n) is 11.3. The van der Waals surface area contributed by atoms with Crippen LogP contribution in [-0.4, -0.2) is 7.05 Å². The molecule has 0 fully saturated rings. The van der Waals surface area contributed by atoms with Crippen molar-refractivity contribution in [3.63, 3.8) is 0 Å². The van der Waals surface area contributed by atoms with Crippen molar-refractivity contribution in [2.45, 2.75) is 19.9 Å². The standard InChI is InChI=1S/C16H17ClFN/c1-10-7-8-12(11(2)9-10)16(19-3)13-5-4-6-14(17)15(13)18/h4-9,16,19H,1-3H3. The summed E-state index contributed by atoms with van der Waals surface area (Å²) in [7, 11) is 1.82. The van der Waals surface area contributed by atoms with Crippen LogP contribution in [0.25, 0.3) is 0 Å². The summed E-state index contributed by atoms with van der Waals surface area (Å²) in [5.41, 5.74) is 3.97. The summed E-state index contributed by atoms with van der Waals surface area (Å²) < 4.78 is 14.2. The molecule has 0 saturated heterocycles. The Bertz CT molecular complexity index is 595. The maximum atomic E-state index is 14.2. The summed E-state index contributed by atoms with van der Waals surface area (Å²) in [6, 6.07) is 11.1. The number of hydrogen-bond donors (Lipinski definition) is 1. The average Bonchev–Trinajstić information content (AvgIpc) is 2.37. The fourth-order valence-electron chi connectivity index (χ4n) is 2.37. The quantitative estimate of drug-likeness (QED) is 0.876. The third kappa shape index (κ3) is 2.80. The van der Waals surface area contributed by atoms with Gasteiger partial charge >= 0.3 is 0 Å². The monoisotopic (exact) mass is 277 g/mol. The maximum absolute atomic E-state index is 14.2. The minimum absolute atomic E-state index is 0.155. The van der Waals surface area contributed by atoms with E-state index in [9.17, 15) is 4.39 Å². The van der Waals surface area contributed by atoms with E-state index in [1.165, 1.54) is 5.56 Å². The fraction of sp³-hybridized carbons (Fsp3) is 0.250. The summed E-state index contributed by atoms with van der Waals surface area (Å²) >= 11 is 5.86. The lowest BCUT2D eigenvalue weighted by molar-refractivity contribution is 0.575. The van der Waals surface area contributed by atoms with E-state index < -0.39 is 0 Å². The zero-order chi connectivity index (χ0) is 14.0. The molecule has 1 nitrogen and oxygen atoms in total. The molecule has 0 aliphatic carbocycles.